The van der Waals surface area contributed by atoms with Crippen molar-refractivity contribution in [1.82, 2.24) is 24.0 Å². The number of alkyl halides is 3. The first-order chi connectivity index (χ1) is 17.7. The van der Waals surface area contributed by atoms with Crippen molar-refractivity contribution >= 4 is 5.91 Å². The number of aromatic nitrogens is 4. The first-order valence-corrected chi connectivity index (χ1v) is 11.5. The highest BCUT2D eigenvalue weighted by molar-refractivity contribution is 5.93. The molecule has 4 aromatic rings. The van der Waals surface area contributed by atoms with Gasteiger partial charge < -0.3 is 18.8 Å². The topological polar surface area (TPSA) is 82.3 Å². The van der Waals surface area contributed by atoms with Gasteiger partial charge in [0.05, 0.1) is 24.1 Å². The Kier molecular flexibility index (Phi) is 6.28. The number of nitrogens with zero attached hydrogens (tertiary/aromatic N) is 5. The third kappa shape index (κ3) is 4.97. The minimum atomic E-state index is -4.40. The maximum atomic E-state index is 13.2. The van der Waals surface area contributed by atoms with Crippen molar-refractivity contribution in [2.75, 3.05) is 6.54 Å². The minimum absolute atomic E-state index is 0.0187. The van der Waals surface area contributed by atoms with Gasteiger partial charge in [0.15, 0.2) is 0 Å². The number of carbonyl (C=O) groups is 1. The molecule has 0 radical (unpaired) electrons. The molecule has 3 aromatic heterocycles. The summed E-state index contributed by atoms with van der Waals surface area (Å²) in [6, 6.07) is 11.4. The maximum Gasteiger partial charge on any atom is 0.416 e. The van der Waals surface area contributed by atoms with Crippen LogP contribution in [0.5, 0.6) is 5.88 Å². The molecule has 5 rings (SSSR count). The van der Waals surface area contributed by atoms with Gasteiger partial charge in [0.25, 0.3) is 11.5 Å². The predicted molar refractivity (Wildman–Crippen MR) is 127 cm³/mol. The molecule has 0 aliphatic carbocycles. The summed E-state index contributed by atoms with van der Waals surface area (Å²) in [7, 11) is 0. The largest absolute Gasteiger partial charge is 0.473 e. The Balaban J connectivity index is 1.31. The fraction of sp³-hybridized carbons (Fsp3) is 0.231. The van der Waals surface area contributed by atoms with Crippen LogP contribution in [0.4, 0.5) is 13.2 Å². The minimum Gasteiger partial charge on any atom is -0.473 e. The van der Waals surface area contributed by atoms with Crippen LogP contribution in [0.2, 0.25) is 0 Å². The summed E-state index contributed by atoms with van der Waals surface area (Å²) in [6.07, 6.45) is 0.440. The number of halogens is 3. The molecule has 0 atom stereocenters. The number of fused-ring (bicyclic) bond motifs is 1. The molecule has 1 aliphatic rings. The van der Waals surface area contributed by atoms with Crippen molar-refractivity contribution in [2.45, 2.75) is 32.8 Å². The van der Waals surface area contributed by atoms with Crippen molar-refractivity contribution in [3.05, 3.63) is 106 Å². The summed E-state index contributed by atoms with van der Waals surface area (Å²) in [6.45, 7) is 2.68. The second-order valence-corrected chi connectivity index (χ2v) is 8.66. The summed E-state index contributed by atoms with van der Waals surface area (Å²) in [5.74, 6) is -0.0155. The van der Waals surface area contributed by atoms with Crippen molar-refractivity contribution in [1.29, 1.82) is 0 Å². The smallest absolute Gasteiger partial charge is 0.416 e. The summed E-state index contributed by atoms with van der Waals surface area (Å²) >= 11 is 0. The highest BCUT2D eigenvalue weighted by atomic mass is 19.4. The Morgan fingerprint density at radius 3 is 2.49 bits per heavy atom. The number of carbonyl (C=O) groups excluding carboxylic acids is 1. The third-order valence-corrected chi connectivity index (χ3v) is 6.11. The van der Waals surface area contributed by atoms with Gasteiger partial charge in [0.2, 0.25) is 5.88 Å². The maximum absolute atomic E-state index is 13.2. The van der Waals surface area contributed by atoms with E-state index in [9.17, 15) is 22.8 Å². The molecule has 0 fully saturated rings. The van der Waals surface area contributed by atoms with Gasteiger partial charge in [0.1, 0.15) is 18.0 Å². The molecular weight excluding hydrogens is 487 g/mol. The number of imidazole rings is 1. The van der Waals surface area contributed by atoms with Crippen molar-refractivity contribution in [3.8, 4) is 11.6 Å². The number of hydrogen-bond donors (Lipinski definition) is 0. The lowest BCUT2D eigenvalue weighted by Gasteiger charge is -2.30. The summed E-state index contributed by atoms with van der Waals surface area (Å²) in [5, 5.41) is 0. The lowest BCUT2D eigenvalue weighted by Crippen LogP contribution is -2.44. The van der Waals surface area contributed by atoms with Crippen LogP contribution in [0.3, 0.4) is 0 Å². The van der Waals surface area contributed by atoms with E-state index in [0.717, 1.165) is 17.8 Å². The van der Waals surface area contributed by atoms with Crippen LogP contribution in [0.15, 0.2) is 72.0 Å². The average molecular weight is 509 g/mol. The SMILES string of the molecule is Cc1cn(-c2ccc3n(c2=O)CCN(Cc2cccnc2OCc2ccc(C(F)(F)F)cc2)C3=O)cn1. The number of pyridine rings is 2. The van der Waals surface area contributed by atoms with E-state index in [1.165, 1.54) is 22.9 Å². The van der Waals surface area contributed by atoms with Crippen LogP contribution in [-0.2, 0) is 25.9 Å². The molecule has 190 valence electrons. The van der Waals surface area contributed by atoms with E-state index in [4.69, 9.17) is 4.74 Å². The Morgan fingerprint density at radius 1 is 1.00 bits per heavy atom. The second kappa shape index (κ2) is 9.57. The van der Waals surface area contributed by atoms with Crippen LogP contribution in [-0.4, -0.2) is 36.5 Å². The molecule has 0 unspecified atom stereocenters. The number of hydrogen-bond acceptors (Lipinski definition) is 5. The van der Waals surface area contributed by atoms with E-state index in [1.807, 2.05) is 6.92 Å². The molecule has 0 spiro atoms. The number of ether oxygens (including phenoxy) is 1. The molecule has 1 aromatic carbocycles. The normalized spacial score (nSPS) is 13.5. The van der Waals surface area contributed by atoms with Crippen LogP contribution in [0, 0.1) is 6.92 Å². The van der Waals surface area contributed by atoms with Crippen molar-refractivity contribution in [3.63, 3.8) is 0 Å². The Bertz CT molecular complexity index is 1510. The fourth-order valence-electron chi connectivity index (χ4n) is 4.18. The van der Waals surface area contributed by atoms with E-state index in [-0.39, 0.29) is 36.2 Å². The Hall–Kier alpha value is -4.41. The zero-order valence-corrected chi connectivity index (χ0v) is 19.8. The monoisotopic (exact) mass is 509 g/mol. The highest BCUT2D eigenvalue weighted by Crippen LogP contribution is 2.29. The van der Waals surface area contributed by atoms with Crippen LogP contribution in [0.1, 0.15) is 32.9 Å². The molecule has 11 heteroatoms. The molecule has 0 saturated carbocycles. The van der Waals surface area contributed by atoms with Gasteiger partial charge in [-0.15, -0.1) is 0 Å². The molecule has 0 saturated heterocycles. The lowest BCUT2D eigenvalue weighted by molar-refractivity contribution is -0.137. The second-order valence-electron chi connectivity index (χ2n) is 8.66. The van der Waals surface area contributed by atoms with Crippen molar-refractivity contribution < 1.29 is 22.7 Å². The summed E-state index contributed by atoms with van der Waals surface area (Å²) < 4.78 is 47.3. The van der Waals surface area contributed by atoms with E-state index >= 15 is 0 Å². The lowest BCUT2D eigenvalue weighted by atomic mass is 10.1. The van der Waals surface area contributed by atoms with Gasteiger partial charge >= 0.3 is 6.18 Å². The van der Waals surface area contributed by atoms with Crippen LogP contribution in [0.25, 0.3) is 5.69 Å². The Morgan fingerprint density at radius 2 is 1.78 bits per heavy atom. The number of aryl methyl sites for hydroxylation is 1. The molecule has 8 nitrogen and oxygen atoms in total. The predicted octanol–water partition coefficient (Wildman–Crippen LogP) is 3.99. The number of benzene rings is 1. The third-order valence-electron chi connectivity index (χ3n) is 6.11. The highest BCUT2D eigenvalue weighted by Gasteiger charge is 2.30. The van der Waals surface area contributed by atoms with Crippen LogP contribution < -0.4 is 10.3 Å². The van der Waals surface area contributed by atoms with Gasteiger partial charge in [-0.1, -0.05) is 18.2 Å². The van der Waals surface area contributed by atoms with Gasteiger partial charge in [-0.25, -0.2) is 9.97 Å². The molecule has 0 bridgehead atoms. The first kappa shape index (κ1) is 24.3. The molecule has 4 heterocycles. The fourth-order valence-corrected chi connectivity index (χ4v) is 4.18. The van der Waals surface area contributed by atoms with E-state index in [2.05, 4.69) is 9.97 Å². The van der Waals surface area contributed by atoms with E-state index in [1.54, 1.807) is 46.3 Å². The molecule has 0 N–H and O–H groups in total. The zero-order valence-electron chi connectivity index (χ0n) is 19.8. The van der Waals surface area contributed by atoms with E-state index in [0.29, 0.717) is 29.9 Å². The van der Waals surface area contributed by atoms with Gasteiger partial charge in [-0.2, -0.15) is 13.2 Å². The molecule has 37 heavy (non-hydrogen) atoms. The van der Waals surface area contributed by atoms with Gasteiger partial charge in [0, 0.05) is 31.0 Å². The van der Waals surface area contributed by atoms with E-state index < -0.39 is 11.7 Å². The average Bonchev–Trinajstić information content (AvgIpc) is 3.31. The molecule has 1 amide bonds. The Labute approximate surface area is 209 Å². The van der Waals surface area contributed by atoms with Gasteiger partial charge in [-0.05, 0) is 42.8 Å². The number of amides is 1. The summed E-state index contributed by atoms with van der Waals surface area (Å²) in [4.78, 5) is 36.3. The van der Waals surface area contributed by atoms with Crippen LogP contribution >= 0.6 is 0 Å². The quantitative estimate of drug-likeness (QED) is 0.393. The zero-order chi connectivity index (χ0) is 26.2. The molecular formula is C26H22F3N5O3. The first-order valence-electron chi connectivity index (χ1n) is 11.5. The van der Waals surface area contributed by atoms with Crippen molar-refractivity contribution in [2.24, 2.45) is 0 Å². The summed E-state index contributed by atoms with van der Waals surface area (Å²) in [5.41, 5.74) is 1.66. The number of rotatable bonds is 6. The standard InChI is InChI=1S/C26H22F3N5O3/c1-17-13-33(16-31-17)21-8-9-22-24(35)32(11-12-34(22)25(21)36)14-19-3-2-10-30-23(19)37-15-18-4-6-20(7-5-18)26(27,28)29/h2-10,13,16H,11-12,14-15H2,1H3. The molecule has 1 aliphatic heterocycles. The van der Waals surface area contributed by atoms with Gasteiger partial charge in [-0.3, -0.25) is 9.59 Å².